The summed E-state index contributed by atoms with van der Waals surface area (Å²) in [6.45, 7) is 9.21. The molecule has 10 heavy (non-hydrogen) atoms. The maximum Gasteiger partial charge on any atom is 0.0692 e. The molecule has 0 aliphatic heterocycles. The first-order valence-electron chi connectivity index (χ1n) is 4.04. The summed E-state index contributed by atoms with van der Waals surface area (Å²) in [7, 11) is -0.905. The Labute approximate surface area is 65.6 Å². The van der Waals surface area contributed by atoms with E-state index in [1.807, 2.05) is 0 Å². The molecule has 60 valence electrons. The van der Waals surface area contributed by atoms with Gasteiger partial charge in [0.25, 0.3) is 0 Å². The van der Waals surface area contributed by atoms with E-state index in [9.17, 15) is 0 Å². The summed E-state index contributed by atoms with van der Waals surface area (Å²) >= 11 is 0. The minimum atomic E-state index is -0.905. The van der Waals surface area contributed by atoms with Crippen molar-refractivity contribution in [1.82, 2.24) is 0 Å². The Bertz CT molecular complexity index is 102. The van der Waals surface area contributed by atoms with Crippen molar-refractivity contribution in [3.8, 4) is 0 Å². The van der Waals surface area contributed by atoms with E-state index in [1.165, 1.54) is 6.42 Å². The van der Waals surface area contributed by atoms with E-state index in [4.69, 9.17) is 0 Å². The number of aliphatic imine (C=N–C) groups is 1. The van der Waals surface area contributed by atoms with Crippen LogP contribution in [-0.2, 0) is 0 Å². The highest BCUT2D eigenvalue weighted by molar-refractivity contribution is 6.76. The minimum absolute atomic E-state index is 0.905. The second kappa shape index (κ2) is 4.66. The van der Waals surface area contributed by atoms with Gasteiger partial charge in [0.2, 0.25) is 0 Å². The molecule has 0 amide bonds. The van der Waals surface area contributed by atoms with Crippen LogP contribution >= 0.6 is 0 Å². The van der Waals surface area contributed by atoms with E-state index in [2.05, 4.69) is 37.8 Å². The van der Waals surface area contributed by atoms with Crippen molar-refractivity contribution < 1.29 is 0 Å². The normalized spacial score (nSPS) is 12.8. The van der Waals surface area contributed by atoms with Gasteiger partial charge in [0.15, 0.2) is 0 Å². The van der Waals surface area contributed by atoms with Crippen molar-refractivity contribution in [3.63, 3.8) is 0 Å². The summed E-state index contributed by atoms with van der Waals surface area (Å²) in [6, 6.07) is 0. The van der Waals surface area contributed by atoms with E-state index < -0.39 is 8.07 Å². The van der Waals surface area contributed by atoms with Gasteiger partial charge in [-0.05, 0) is 12.6 Å². The minimum Gasteiger partial charge on any atom is -0.301 e. The highest BCUT2D eigenvalue weighted by Gasteiger charge is 2.10. The van der Waals surface area contributed by atoms with E-state index in [-0.39, 0.29) is 0 Å². The summed E-state index contributed by atoms with van der Waals surface area (Å²) in [5, 5.41) is 0. The predicted octanol–water partition coefficient (Wildman–Crippen LogP) is 2.73. The van der Waals surface area contributed by atoms with Gasteiger partial charge in [0.05, 0.1) is 8.07 Å². The van der Waals surface area contributed by atoms with E-state index in [0.29, 0.717) is 0 Å². The Balaban J connectivity index is 3.34. The first-order chi connectivity index (χ1) is 4.56. The Morgan fingerprint density at radius 1 is 1.30 bits per heavy atom. The molecule has 0 aliphatic carbocycles. The molecule has 0 fully saturated rings. The van der Waals surface area contributed by atoms with Crippen molar-refractivity contribution >= 4 is 14.3 Å². The SMILES string of the molecule is CCC/C=N/C[Si](C)(C)C. The fraction of sp³-hybridized carbons (Fsp3) is 0.875. The van der Waals surface area contributed by atoms with E-state index >= 15 is 0 Å². The third kappa shape index (κ3) is 7.89. The van der Waals surface area contributed by atoms with Gasteiger partial charge in [0, 0.05) is 6.17 Å². The van der Waals surface area contributed by atoms with Gasteiger partial charge in [0.1, 0.15) is 0 Å². The first kappa shape index (κ1) is 9.89. The molecule has 0 saturated carbocycles. The van der Waals surface area contributed by atoms with Gasteiger partial charge in [-0.25, -0.2) is 0 Å². The lowest BCUT2D eigenvalue weighted by atomic mass is 10.4. The molecule has 0 aromatic rings. The van der Waals surface area contributed by atoms with Crippen LogP contribution in [0.4, 0.5) is 0 Å². The van der Waals surface area contributed by atoms with Gasteiger partial charge in [-0.15, -0.1) is 0 Å². The van der Waals surface area contributed by atoms with Crippen LogP contribution in [0.2, 0.25) is 19.6 Å². The fourth-order valence-electron chi connectivity index (χ4n) is 0.559. The summed E-state index contributed by atoms with van der Waals surface area (Å²) in [4.78, 5) is 4.37. The average molecular weight is 157 g/mol. The Morgan fingerprint density at radius 3 is 2.30 bits per heavy atom. The topological polar surface area (TPSA) is 12.4 Å². The summed E-state index contributed by atoms with van der Waals surface area (Å²) in [5.74, 6) is 0. The molecule has 0 bridgehead atoms. The van der Waals surface area contributed by atoms with Crippen LogP contribution in [0.1, 0.15) is 19.8 Å². The molecule has 0 atom stereocenters. The Kier molecular flexibility index (Phi) is 4.61. The third-order valence-corrected chi connectivity index (χ3v) is 2.24. The number of nitrogens with zero attached hydrogens (tertiary/aromatic N) is 1. The molecule has 0 rings (SSSR count). The summed E-state index contributed by atoms with van der Waals surface area (Å²) in [6.07, 6.45) is 5.52. The number of unbranched alkanes of at least 4 members (excludes halogenated alkanes) is 1. The third-order valence-electron chi connectivity index (χ3n) is 1.11. The van der Waals surface area contributed by atoms with Crippen molar-refractivity contribution in [3.05, 3.63) is 0 Å². The molecule has 0 aliphatic rings. The molecule has 0 unspecified atom stereocenters. The van der Waals surface area contributed by atoms with Crippen LogP contribution < -0.4 is 0 Å². The Morgan fingerprint density at radius 2 is 1.90 bits per heavy atom. The summed E-state index contributed by atoms with van der Waals surface area (Å²) < 4.78 is 0. The molecular weight excluding hydrogens is 138 g/mol. The van der Waals surface area contributed by atoms with E-state index in [1.54, 1.807) is 0 Å². The highest BCUT2D eigenvalue weighted by Crippen LogP contribution is 1.99. The number of hydrogen-bond acceptors (Lipinski definition) is 1. The molecule has 2 heteroatoms. The summed E-state index contributed by atoms with van der Waals surface area (Å²) in [5.41, 5.74) is 0. The van der Waals surface area contributed by atoms with Gasteiger partial charge < -0.3 is 4.99 Å². The van der Waals surface area contributed by atoms with E-state index in [0.717, 1.165) is 12.6 Å². The van der Waals surface area contributed by atoms with Gasteiger partial charge >= 0.3 is 0 Å². The molecule has 0 N–H and O–H groups in total. The lowest BCUT2D eigenvalue weighted by Gasteiger charge is -2.10. The van der Waals surface area contributed by atoms with Crippen LogP contribution in [0.3, 0.4) is 0 Å². The van der Waals surface area contributed by atoms with Gasteiger partial charge in [-0.1, -0.05) is 33.0 Å². The van der Waals surface area contributed by atoms with Crippen LogP contribution in [0.25, 0.3) is 0 Å². The lowest BCUT2D eigenvalue weighted by molar-refractivity contribution is 1.00. The molecule has 0 saturated heterocycles. The molecule has 0 aromatic heterocycles. The van der Waals surface area contributed by atoms with Crippen molar-refractivity contribution in [2.45, 2.75) is 39.4 Å². The second-order valence-corrected chi connectivity index (χ2v) is 9.31. The van der Waals surface area contributed by atoms with Crippen LogP contribution in [0.15, 0.2) is 4.99 Å². The zero-order valence-corrected chi connectivity index (χ0v) is 8.65. The standard InChI is InChI=1S/C8H19NSi/c1-5-6-7-9-8-10(2,3)4/h7H,5-6,8H2,1-4H3/b9-7+. The average Bonchev–Trinajstić information content (AvgIpc) is 1.78. The molecule has 0 spiro atoms. The van der Waals surface area contributed by atoms with Crippen molar-refractivity contribution in [2.24, 2.45) is 4.99 Å². The highest BCUT2D eigenvalue weighted by atomic mass is 28.3. The molecule has 0 heterocycles. The predicted molar refractivity (Wildman–Crippen MR) is 51.6 cm³/mol. The molecular formula is C8H19NSi. The van der Waals surface area contributed by atoms with Crippen LogP contribution in [0.5, 0.6) is 0 Å². The van der Waals surface area contributed by atoms with Crippen LogP contribution in [-0.4, -0.2) is 20.5 Å². The quantitative estimate of drug-likeness (QED) is 0.439. The number of hydrogen-bond donors (Lipinski definition) is 0. The molecule has 0 aromatic carbocycles. The van der Waals surface area contributed by atoms with Gasteiger partial charge in [-0.2, -0.15) is 0 Å². The smallest absolute Gasteiger partial charge is 0.0692 e. The van der Waals surface area contributed by atoms with Crippen molar-refractivity contribution in [2.75, 3.05) is 6.17 Å². The zero-order chi connectivity index (χ0) is 8.04. The zero-order valence-electron chi connectivity index (χ0n) is 7.65. The van der Waals surface area contributed by atoms with Gasteiger partial charge in [-0.3, -0.25) is 0 Å². The number of rotatable bonds is 4. The fourth-order valence-corrected chi connectivity index (χ4v) is 1.24. The largest absolute Gasteiger partial charge is 0.301 e. The maximum atomic E-state index is 4.37. The first-order valence-corrected chi connectivity index (χ1v) is 7.75. The second-order valence-electron chi connectivity index (χ2n) is 3.87. The maximum absolute atomic E-state index is 4.37. The lowest BCUT2D eigenvalue weighted by Crippen LogP contribution is -2.24. The monoisotopic (exact) mass is 157 g/mol. The Hall–Kier alpha value is -0.113. The van der Waals surface area contributed by atoms with Crippen LogP contribution in [0, 0.1) is 0 Å². The molecule has 1 nitrogen and oxygen atoms in total. The van der Waals surface area contributed by atoms with Crippen molar-refractivity contribution in [1.29, 1.82) is 0 Å². The molecule has 0 radical (unpaired) electrons.